The van der Waals surface area contributed by atoms with Gasteiger partial charge in [-0.3, -0.25) is 9.59 Å². The predicted molar refractivity (Wildman–Crippen MR) is 122 cm³/mol. The van der Waals surface area contributed by atoms with Crippen molar-refractivity contribution in [1.82, 2.24) is 14.7 Å². The molecule has 3 aromatic rings. The summed E-state index contributed by atoms with van der Waals surface area (Å²) in [6.45, 7) is 1.70. The number of nitrogens with zero attached hydrogens (tertiary/aromatic N) is 3. The topological polar surface area (TPSA) is 94.9 Å². The Hall–Kier alpha value is -4.01. The van der Waals surface area contributed by atoms with E-state index in [4.69, 9.17) is 14.2 Å². The highest BCUT2D eigenvalue weighted by atomic mass is 16.7. The molecule has 0 saturated carbocycles. The molecule has 9 heteroatoms. The zero-order valence-electron chi connectivity index (χ0n) is 18.2. The first-order chi connectivity index (χ1) is 16.1. The lowest BCUT2D eigenvalue weighted by atomic mass is 10.1. The summed E-state index contributed by atoms with van der Waals surface area (Å²) in [7, 11) is 1.56. The van der Waals surface area contributed by atoms with Crippen LogP contribution < -0.4 is 25.1 Å². The van der Waals surface area contributed by atoms with Crippen LogP contribution in [0.4, 0.5) is 11.4 Å². The molecule has 3 heterocycles. The summed E-state index contributed by atoms with van der Waals surface area (Å²) >= 11 is 0. The zero-order valence-corrected chi connectivity index (χ0v) is 18.2. The molecule has 0 unspecified atom stereocenters. The summed E-state index contributed by atoms with van der Waals surface area (Å²) in [6.07, 6.45) is 4.68. The van der Waals surface area contributed by atoms with Gasteiger partial charge in [0.25, 0.3) is 11.5 Å². The Balaban J connectivity index is 1.42. The standard InChI is InChI=1S/C24H24N4O5/c1-27-24(30)22(21(14-25-27)33-18-8-9-19-20(13-18)32-15-31-19)26-17-7-5-6-16(12-17)23(29)28-10-3-2-4-11-28/h5-9,12-14,26H,2-4,10-11,15H2,1H3. The number of rotatable bonds is 5. The van der Waals surface area contributed by atoms with Gasteiger partial charge in [-0.1, -0.05) is 6.07 Å². The van der Waals surface area contributed by atoms with Crippen LogP contribution in [0.25, 0.3) is 0 Å². The molecule has 0 spiro atoms. The van der Waals surface area contributed by atoms with Crippen molar-refractivity contribution in [3.8, 4) is 23.0 Å². The second kappa shape index (κ2) is 8.85. The van der Waals surface area contributed by atoms with Crippen molar-refractivity contribution in [2.45, 2.75) is 19.3 Å². The molecule has 1 fully saturated rings. The first kappa shape index (κ1) is 20.9. The van der Waals surface area contributed by atoms with Crippen LogP contribution in [0.5, 0.6) is 23.0 Å². The van der Waals surface area contributed by atoms with Gasteiger partial charge in [-0.05, 0) is 49.6 Å². The molecule has 0 aliphatic carbocycles. The van der Waals surface area contributed by atoms with E-state index in [9.17, 15) is 9.59 Å². The molecule has 170 valence electrons. The molecule has 2 aliphatic heterocycles. The Labute approximate surface area is 190 Å². The van der Waals surface area contributed by atoms with Crippen LogP contribution >= 0.6 is 0 Å². The third-order valence-electron chi connectivity index (χ3n) is 5.70. The van der Waals surface area contributed by atoms with Crippen LogP contribution in [-0.4, -0.2) is 40.5 Å². The highest BCUT2D eigenvalue weighted by Gasteiger charge is 2.20. The minimum atomic E-state index is -0.360. The summed E-state index contributed by atoms with van der Waals surface area (Å²) in [4.78, 5) is 27.7. The van der Waals surface area contributed by atoms with Gasteiger partial charge in [0, 0.05) is 37.5 Å². The maximum Gasteiger partial charge on any atom is 0.294 e. The van der Waals surface area contributed by atoms with E-state index < -0.39 is 0 Å². The van der Waals surface area contributed by atoms with Crippen molar-refractivity contribution in [3.05, 3.63) is 64.6 Å². The van der Waals surface area contributed by atoms with Crippen LogP contribution in [0.2, 0.25) is 0 Å². The number of nitrogens with one attached hydrogen (secondary N) is 1. The summed E-state index contributed by atoms with van der Waals surface area (Å²) < 4.78 is 17.9. The average molecular weight is 448 g/mol. The normalized spacial score (nSPS) is 14.8. The van der Waals surface area contributed by atoms with Crippen LogP contribution in [0, 0.1) is 0 Å². The molecule has 1 saturated heterocycles. The quantitative estimate of drug-likeness (QED) is 0.636. The molecular weight excluding hydrogens is 424 g/mol. The summed E-state index contributed by atoms with van der Waals surface area (Å²) in [5.41, 5.74) is 1.04. The molecule has 33 heavy (non-hydrogen) atoms. The van der Waals surface area contributed by atoms with E-state index >= 15 is 0 Å². The second-order valence-electron chi connectivity index (χ2n) is 7.99. The Morgan fingerprint density at radius 1 is 1.06 bits per heavy atom. The van der Waals surface area contributed by atoms with Crippen LogP contribution in [0.1, 0.15) is 29.6 Å². The molecule has 0 bridgehead atoms. The number of aromatic nitrogens is 2. The largest absolute Gasteiger partial charge is 0.454 e. The van der Waals surface area contributed by atoms with Gasteiger partial charge in [0.15, 0.2) is 22.9 Å². The van der Waals surface area contributed by atoms with Gasteiger partial charge in [0.1, 0.15) is 5.75 Å². The van der Waals surface area contributed by atoms with Crippen molar-refractivity contribution < 1.29 is 19.0 Å². The van der Waals surface area contributed by atoms with Crippen molar-refractivity contribution in [2.24, 2.45) is 7.05 Å². The highest BCUT2D eigenvalue weighted by Crippen LogP contribution is 2.37. The first-order valence-corrected chi connectivity index (χ1v) is 10.9. The Morgan fingerprint density at radius 3 is 2.73 bits per heavy atom. The number of carbonyl (C=O) groups excluding carboxylic acids is 1. The van der Waals surface area contributed by atoms with Crippen molar-refractivity contribution in [2.75, 3.05) is 25.2 Å². The fourth-order valence-corrected chi connectivity index (χ4v) is 3.94. The first-order valence-electron chi connectivity index (χ1n) is 10.9. The number of likely N-dealkylation sites (tertiary alicyclic amines) is 1. The molecule has 0 atom stereocenters. The number of amides is 1. The number of ether oxygens (including phenoxy) is 3. The highest BCUT2D eigenvalue weighted by molar-refractivity contribution is 5.95. The lowest BCUT2D eigenvalue weighted by molar-refractivity contribution is 0.0724. The van der Waals surface area contributed by atoms with Gasteiger partial charge in [-0.25, -0.2) is 4.68 Å². The summed E-state index contributed by atoms with van der Waals surface area (Å²) in [6, 6.07) is 12.3. The molecule has 0 radical (unpaired) electrons. The van der Waals surface area contributed by atoms with Gasteiger partial charge in [-0.2, -0.15) is 5.10 Å². The second-order valence-corrected chi connectivity index (χ2v) is 7.99. The number of fused-ring (bicyclic) bond motifs is 1. The van der Waals surface area contributed by atoms with Crippen LogP contribution in [0.15, 0.2) is 53.5 Å². The van der Waals surface area contributed by atoms with E-state index in [0.29, 0.717) is 28.5 Å². The Kier molecular flexibility index (Phi) is 5.60. The van der Waals surface area contributed by atoms with Gasteiger partial charge < -0.3 is 24.4 Å². The van der Waals surface area contributed by atoms with E-state index in [1.807, 2.05) is 4.90 Å². The smallest absolute Gasteiger partial charge is 0.294 e. The fourth-order valence-electron chi connectivity index (χ4n) is 3.94. The SMILES string of the molecule is Cn1ncc(Oc2ccc3c(c2)OCO3)c(Nc2cccc(C(=O)N3CCCCC3)c2)c1=O. The minimum Gasteiger partial charge on any atom is -0.454 e. The van der Waals surface area contributed by atoms with E-state index in [-0.39, 0.29) is 29.7 Å². The molecule has 1 aromatic heterocycles. The minimum absolute atomic E-state index is 0.00202. The third-order valence-corrected chi connectivity index (χ3v) is 5.70. The van der Waals surface area contributed by atoms with Gasteiger partial charge in [-0.15, -0.1) is 0 Å². The number of anilines is 2. The average Bonchev–Trinajstić information content (AvgIpc) is 3.32. The van der Waals surface area contributed by atoms with Crippen LogP contribution in [-0.2, 0) is 7.05 Å². The fraction of sp³-hybridized carbons (Fsp3) is 0.292. The maximum atomic E-state index is 12.9. The van der Waals surface area contributed by atoms with E-state index in [0.717, 1.165) is 32.4 Å². The number of hydrogen-bond donors (Lipinski definition) is 1. The molecule has 1 amide bonds. The molecule has 2 aromatic carbocycles. The summed E-state index contributed by atoms with van der Waals surface area (Å²) in [5.74, 6) is 1.94. The maximum absolute atomic E-state index is 12.9. The van der Waals surface area contributed by atoms with E-state index in [2.05, 4.69) is 10.4 Å². The molecule has 9 nitrogen and oxygen atoms in total. The van der Waals surface area contributed by atoms with Gasteiger partial charge in [0.2, 0.25) is 6.79 Å². The van der Waals surface area contributed by atoms with E-state index in [1.54, 1.807) is 49.5 Å². The molecule has 2 aliphatic rings. The van der Waals surface area contributed by atoms with Crippen molar-refractivity contribution in [1.29, 1.82) is 0 Å². The number of hydrogen-bond acceptors (Lipinski definition) is 7. The predicted octanol–water partition coefficient (Wildman–Crippen LogP) is 3.67. The lowest BCUT2D eigenvalue weighted by Gasteiger charge is -2.26. The Bertz CT molecular complexity index is 1250. The number of aryl methyl sites for hydroxylation is 1. The van der Waals surface area contributed by atoms with Gasteiger partial charge >= 0.3 is 0 Å². The number of benzene rings is 2. The van der Waals surface area contributed by atoms with Crippen LogP contribution in [0.3, 0.4) is 0 Å². The lowest BCUT2D eigenvalue weighted by Crippen LogP contribution is -2.35. The van der Waals surface area contributed by atoms with Crippen molar-refractivity contribution >= 4 is 17.3 Å². The van der Waals surface area contributed by atoms with E-state index in [1.165, 1.54) is 10.9 Å². The third kappa shape index (κ3) is 4.34. The molecular formula is C24H24N4O5. The monoisotopic (exact) mass is 448 g/mol. The zero-order chi connectivity index (χ0) is 22.8. The van der Waals surface area contributed by atoms with Gasteiger partial charge in [0.05, 0.1) is 6.20 Å². The summed E-state index contributed by atoms with van der Waals surface area (Å²) in [5, 5.41) is 7.21. The number of piperidine rings is 1. The number of carbonyl (C=O) groups is 1. The Morgan fingerprint density at radius 2 is 1.88 bits per heavy atom. The van der Waals surface area contributed by atoms with Crippen molar-refractivity contribution in [3.63, 3.8) is 0 Å². The molecule has 1 N–H and O–H groups in total. The molecule has 5 rings (SSSR count).